The molecule has 2 aromatic carbocycles. The van der Waals surface area contributed by atoms with Gasteiger partial charge in [-0.3, -0.25) is 19.3 Å². The number of aromatic nitrogens is 1. The van der Waals surface area contributed by atoms with Gasteiger partial charge in [0.25, 0.3) is 0 Å². The minimum absolute atomic E-state index is 0.140. The van der Waals surface area contributed by atoms with E-state index in [1.807, 2.05) is 24.4 Å². The summed E-state index contributed by atoms with van der Waals surface area (Å²) in [6.45, 7) is 3.72. The lowest BCUT2D eigenvalue weighted by molar-refractivity contribution is -0.130. The highest BCUT2D eigenvalue weighted by Gasteiger charge is 2.35. The highest BCUT2D eigenvalue weighted by molar-refractivity contribution is 5.93. The smallest absolute Gasteiger partial charge is 0.228 e. The van der Waals surface area contributed by atoms with Crippen molar-refractivity contribution >= 4 is 34.3 Å². The number of H-pyrrole nitrogens is 1. The van der Waals surface area contributed by atoms with E-state index in [4.69, 9.17) is 0 Å². The first-order valence-corrected chi connectivity index (χ1v) is 11.7. The van der Waals surface area contributed by atoms with Crippen molar-refractivity contribution in [3.8, 4) is 0 Å². The quantitative estimate of drug-likeness (QED) is 0.373. The molecule has 3 aromatic rings. The van der Waals surface area contributed by atoms with E-state index in [-0.39, 0.29) is 29.5 Å². The molecule has 1 aliphatic rings. The number of benzene rings is 2. The van der Waals surface area contributed by atoms with Crippen LogP contribution in [0.25, 0.3) is 10.9 Å². The van der Waals surface area contributed by atoms with E-state index in [0.717, 1.165) is 16.5 Å². The molecule has 1 fully saturated rings. The van der Waals surface area contributed by atoms with E-state index in [2.05, 4.69) is 31.9 Å². The summed E-state index contributed by atoms with van der Waals surface area (Å²) in [5.74, 6) is -1.66. The number of rotatable bonds is 8. The number of aromatic amines is 1. The molecule has 1 saturated heterocycles. The van der Waals surface area contributed by atoms with Crippen molar-refractivity contribution in [2.45, 2.75) is 19.9 Å². The number of piperidine rings is 1. The molecule has 1 aromatic heterocycles. The van der Waals surface area contributed by atoms with Crippen molar-refractivity contribution in [3.05, 3.63) is 66.1 Å². The van der Waals surface area contributed by atoms with Crippen molar-refractivity contribution in [3.63, 3.8) is 0 Å². The summed E-state index contributed by atoms with van der Waals surface area (Å²) in [5.41, 5.74) is 2.66. The first-order valence-electron chi connectivity index (χ1n) is 11.7. The minimum atomic E-state index is -0.412. The van der Waals surface area contributed by atoms with Gasteiger partial charge in [0.15, 0.2) is 0 Å². The maximum absolute atomic E-state index is 13.2. The molecule has 0 bridgehead atoms. The molecule has 0 spiro atoms. The van der Waals surface area contributed by atoms with Crippen molar-refractivity contribution < 1.29 is 18.8 Å². The van der Waals surface area contributed by atoms with Gasteiger partial charge in [0.1, 0.15) is 5.82 Å². The molecule has 0 saturated carbocycles. The number of carbonyl (C=O) groups excluding carboxylic acids is 3. The molecule has 8 nitrogen and oxygen atoms in total. The van der Waals surface area contributed by atoms with Crippen LogP contribution in [-0.2, 0) is 20.9 Å². The Morgan fingerprint density at radius 2 is 1.66 bits per heavy atom. The van der Waals surface area contributed by atoms with Crippen LogP contribution in [-0.4, -0.2) is 53.8 Å². The van der Waals surface area contributed by atoms with Crippen LogP contribution in [0.2, 0.25) is 0 Å². The summed E-state index contributed by atoms with van der Waals surface area (Å²) in [5, 5.41) is 9.50. The lowest BCUT2D eigenvalue weighted by Crippen LogP contribution is -2.49. The molecule has 2 heterocycles. The van der Waals surface area contributed by atoms with Crippen LogP contribution in [0.1, 0.15) is 18.9 Å². The number of carbonyl (C=O) groups is 3. The van der Waals surface area contributed by atoms with Crippen LogP contribution in [0.3, 0.4) is 0 Å². The van der Waals surface area contributed by atoms with Crippen molar-refractivity contribution in [2.24, 2.45) is 11.8 Å². The molecule has 2 atom stereocenters. The number of likely N-dealkylation sites (tertiary alicyclic amines) is 1. The average molecular weight is 480 g/mol. The number of halogens is 1. The van der Waals surface area contributed by atoms with E-state index in [9.17, 15) is 18.8 Å². The van der Waals surface area contributed by atoms with Crippen LogP contribution in [0.4, 0.5) is 10.1 Å². The molecule has 0 unspecified atom stereocenters. The summed E-state index contributed by atoms with van der Waals surface area (Å²) in [6, 6.07) is 13.7. The minimum Gasteiger partial charge on any atom is -0.361 e. The summed E-state index contributed by atoms with van der Waals surface area (Å²) < 4.78 is 13.2. The van der Waals surface area contributed by atoms with Gasteiger partial charge in [0.2, 0.25) is 17.7 Å². The fraction of sp³-hybridized carbons (Fsp3) is 0.346. The summed E-state index contributed by atoms with van der Waals surface area (Å²) in [4.78, 5) is 42.5. The molecule has 0 radical (unpaired) electrons. The molecular weight excluding hydrogens is 449 g/mol. The van der Waals surface area contributed by atoms with Gasteiger partial charge >= 0.3 is 0 Å². The summed E-state index contributed by atoms with van der Waals surface area (Å²) in [7, 11) is 0. The summed E-state index contributed by atoms with van der Waals surface area (Å²) in [6.07, 6.45) is 2.37. The highest BCUT2D eigenvalue weighted by Crippen LogP contribution is 2.27. The molecule has 35 heavy (non-hydrogen) atoms. The van der Waals surface area contributed by atoms with Gasteiger partial charge in [-0.1, -0.05) is 18.2 Å². The number of anilines is 1. The fourth-order valence-electron chi connectivity index (χ4n) is 4.55. The standard InChI is InChI=1S/C26H30FN5O3/c1-17(33)28-10-11-29-25(34)18-12-19(26(35)31-22-8-6-21(27)7-9-22)15-32(14-18)16-20-13-30-24-5-3-2-4-23(20)24/h2-9,13,18-19,30H,10-12,14-16H2,1H3,(H,28,33)(H,29,34)(H,31,35)/t18-,19+/m0/s1. The van der Waals surface area contributed by atoms with Crippen molar-refractivity contribution in [1.82, 2.24) is 20.5 Å². The number of fused-ring (bicyclic) bond motifs is 1. The Labute approximate surface area is 203 Å². The Morgan fingerprint density at radius 3 is 2.40 bits per heavy atom. The van der Waals surface area contributed by atoms with Crippen LogP contribution in [0.15, 0.2) is 54.7 Å². The Balaban J connectivity index is 1.46. The lowest BCUT2D eigenvalue weighted by atomic mass is 9.87. The lowest BCUT2D eigenvalue weighted by Gasteiger charge is -2.36. The third-order valence-electron chi connectivity index (χ3n) is 6.25. The topological polar surface area (TPSA) is 106 Å². The SMILES string of the molecule is CC(=O)NCCNC(=O)[C@H]1C[C@@H](C(=O)Nc2ccc(F)cc2)CN(Cc2c[nH]c3ccccc23)C1. The number of para-hydroxylation sites is 1. The molecule has 9 heteroatoms. The van der Waals surface area contributed by atoms with E-state index >= 15 is 0 Å². The fourth-order valence-corrected chi connectivity index (χ4v) is 4.55. The van der Waals surface area contributed by atoms with Crippen molar-refractivity contribution in [1.29, 1.82) is 0 Å². The number of hydrogen-bond acceptors (Lipinski definition) is 4. The molecular formula is C26H30FN5O3. The first kappa shape index (κ1) is 24.4. The second kappa shape index (κ2) is 11.1. The van der Waals surface area contributed by atoms with E-state index in [1.165, 1.54) is 31.2 Å². The normalized spacial score (nSPS) is 18.2. The van der Waals surface area contributed by atoms with Crippen LogP contribution < -0.4 is 16.0 Å². The van der Waals surface area contributed by atoms with Gasteiger partial charge in [-0.15, -0.1) is 0 Å². The van der Waals surface area contributed by atoms with E-state index in [1.54, 1.807) is 0 Å². The van der Waals surface area contributed by atoms with Gasteiger partial charge in [0.05, 0.1) is 11.8 Å². The Morgan fingerprint density at radius 1 is 0.971 bits per heavy atom. The largest absolute Gasteiger partial charge is 0.361 e. The Bertz CT molecular complexity index is 1190. The van der Waals surface area contributed by atoms with Gasteiger partial charge < -0.3 is 20.9 Å². The third kappa shape index (κ3) is 6.45. The van der Waals surface area contributed by atoms with Crippen molar-refractivity contribution in [2.75, 3.05) is 31.5 Å². The molecule has 4 N–H and O–H groups in total. The van der Waals surface area contributed by atoms with Crippen LogP contribution >= 0.6 is 0 Å². The Hall–Kier alpha value is -3.72. The third-order valence-corrected chi connectivity index (χ3v) is 6.25. The molecule has 1 aliphatic heterocycles. The number of hydrogen-bond donors (Lipinski definition) is 4. The van der Waals surface area contributed by atoms with Gasteiger partial charge in [-0.05, 0) is 42.3 Å². The number of nitrogens with zero attached hydrogens (tertiary/aromatic N) is 1. The number of amides is 3. The zero-order valence-electron chi connectivity index (χ0n) is 19.6. The summed E-state index contributed by atoms with van der Waals surface area (Å²) >= 11 is 0. The van der Waals surface area contributed by atoms with Gasteiger partial charge in [-0.25, -0.2) is 4.39 Å². The molecule has 0 aliphatic carbocycles. The van der Waals surface area contributed by atoms with Gasteiger partial charge in [0, 0.05) is 62.4 Å². The average Bonchev–Trinajstić information content (AvgIpc) is 3.25. The predicted octanol–water partition coefficient (Wildman–Crippen LogP) is 2.64. The zero-order valence-corrected chi connectivity index (χ0v) is 19.6. The Kier molecular flexibility index (Phi) is 7.77. The zero-order chi connectivity index (χ0) is 24.8. The number of nitrogens with one attached hydrogen (secondary N) is 4. The predicted molar refractivity (Wildman–Crippen MR) is 132 cm³/mol. The molecule has 184 valence electrons. The highest BCUT2D eigenvalue weighted by atomic mass is 19.1. The van der Waals surface area contributed by atoms with Gasteiger partial charge in [-0.2, -0.15) is 0 Å². The molecule has 3 amide bonds. The maximum atomic E-state index is 13.2. The first-order chi connectivity index (χ1) is 16.9. The van der Waals surface area contributed by atoms with Crippen LogP contribution in [0, 0.1) is 17.7 Å². The van der Waals surface area contributed by atoms with Crippen LogP contribution in [0.5, 0.6) is 0 Å². The van der Waals surface area contributed by atoms with E-state index < -0.39 is 5.92 Å². The maximum Gasteiger partial charge on any atom is 0.228 e. The second-order valence-electron chi connectivity index (χ2n) is 8.95. The monoisotopic (exact) mass is 479 g/mol. The molecule has 4 rings (SSSR count). The van der Waals surface area contributed by atoms with E-state index in [0.29, 0.717) is 44.8 Å². The second-order valence-corrected chi connectivity index (χ2v) is 8.95.